The molecule has 0 aliphatic rings. The maximum Gasteiger partial charge on any atom is 0.309 e. The number of allylic oxidation sites excluding steroid dienone is 7. The van der Waals surface area contributed by atoms with Crippen molar-refractivity contribution in [2.24, 2.45) is 0 Å². The van der Waals surface area contributed by atoms with E-state index in [2.05, 4.69) is 57.2 Å². The molecule has 1 atom stereocenters. The number of esters is 3. The van der Waals surface area contributed by atoms with Crippen LogP contribution in [0.25, 0.3) is 0 Å². The SMILES string of the molecule is CC/C=C\C/C=C\C/C=C\CC(=O)OCC(COC(=O)CCCCCCCCCCCCCCC)OC(=O)CCCCCCC/C=C\CCCCC. The van der Waals surface area contributed by atoms with Crippen molar-refractivity contribution in [2.45, 2.75) is 213 Å². The summed E-state index contributed by atoms with van der Waals surface area (Å²) in [5.41, 5.74) is 0. The van der Waals surface area contributed by atoms with Crippen LogP contribution in [0.1, 0.15) is 207 Å². The lowest BCUT2D eigenvalue weighted by Crippen LogP contribution is -2.30. The van der Waals surface area contributed by atoms with Crippen molar-refractivity contribution in [3.8, 4) is 0 Å². The number of rotatable bonds is 38. The van der Waals surface area contributed by atoms with Crippen LogP contribution < -0.4 is 0 Å². The number of carbonyl (C=O) groups is 3. The minimum Gasteiger partial charge on any atom is -0.462 e. The zero-order chi connectivity index (χ0) is 38.0. The van der Waals surface area contributed by atoms with Gasteiger partial charge in [0.15, 0.2) is 6.10 Å². The summed E-state index contributed by atoms with van der Waals surface area (Å²) < 4.78 is 16.5. The lowest BCUT2D eigenvalue weighted by molar-refractivity contribution is -0.166. The summed E-state index contributed by atoms with van der Waals surface area (Å²) in [6.07, 6.45) is 47.0. The number of hydrogen-bond donors (Lipinski definition) is 0. The fraction of sp³-hybridized carbons (Fsp3) is 0.761. The molecule has 0 aliphatic heterocycles. The van der Waals surface area contributed by atoms with Crippen LogP contribution in [0, 0.1) is 0 Å². The Labute approximate surface area is 320 Å². The fourth-order valence-corrected chi connectivity index (χ4v) is 5.85. The highest BCUT2D eigenvalue weighted by molar-refractivity contribution is 5.72. The molecular formula is C46H80O6. The summed E-state index contributed by atoms with van der Waals surface area (Å²) in [7, 11) is 0. The fourth-order valence-electron chi connectivity index (χ4n) is 5.85. The molecule has 0 saturated heterocycles. The van der Waals surface area contributed by atoms with Crippen LogP contribution >= 0.6 is 0 Å². The van der Waals surface area contributed by atoms with E-state index >= 15 is 0 Å². The maximum atomic E-state index is 12.7. The average Bonchev–Trinajstić information content (AvgIpc) is 3.14. The van der Waals surface area contributed by atoms with Gasteiger partial charge >= 0.3 is 17.9 Å². The van der Waals surface area contributed by atoms with Gasteiger partial charge in [-0.25, -0.2) is 0 Å². The van der Waals surface area contributed by atoms with Crippen molar-refractivity contribution in [3.63, 3.8) is 0 Å². The van der Waals surface area contributed by atoms with E-state index in [1.807, 2.05) is 6.08 Å². The van der Waals surface area contributed by atoms with E-state index in [1.165, 1.54) is 96.3 Å². The summed E-state index contributed by atoms with van der Waals surface area (Å²) in [4.78, 5) is 37.5. The topological polar surface area (TPSA) is 78.9 Å². The van der Waals surface area contributed by atoms with Crippen LogP contribution in [0.2, 0.25) is 0 Å². The zero-order valence-electron chi connectivity index (χ0n) is 34.1. The summed E-state index contributed by atoms with van der Waals surface area (Å²) in [6, 6.07) is 0. The first kappa shape index (κ1) is 49.4. The van der Waals surface area contributed by atoms with Crippen molar-refractivity contribution < 1.29 is 28.6 Å². The van der Waals surface area contributed by atoms with Crippen molar-refractivity contribution in [2.75, 3.05) is 13.2 Å². The highest BCUT2D eigenvalue weighted by Crippen LogP contribution is 2.14. The Bertz CT molecular complexity index is 933. The normalized spacial score (nSPS) is 12.4. The van der Waals surface area contributed by atoms with Gasteiger partial charge < -0.3 is 14.2 Å². The number of ether oxygens (including phenoxy) is 3. The third kappa shape index (κ3) is 38.6. The molecule has 0 amide bonds. The van der Waals surface area contributed by atoms with Crippen LogP contribution in [-0.2, 0) is 28.6 Å². The van der Waals surface area contributed by atoms with E-state index in [1.54, 1.807) is 6.08 Å². The Balaban J connectivity index is 4.43. The molecule has 300 valence electrons. The van der Waals surface area contributed by atoms with Gasteiger partial charge in [-0.05, 0) is 57.8 Å². The maximum absolute atomic E-state index is 12.7. The molecule has 0 bridgehead atoms. The molecule has 0 aromatic heterocycles. The molecule has 0 fully saturated rings. The van der Waals surface area contributed by atoms with E-state index in [9.17, 15) is 14.4 Å². The highest BCUT2D eigenvalue weighted by Gasteiger charge is 2.19. The molecule has 6 heteroatoms. The second-order valence-electron chi connectivity index (χ2n) is 14.2. The predicted molar refractivity (Wildman–Crippen MR) is 219 cm³/mol. The lowest BCUT2D eigenvalue weighted by Gasteiger charge is -2.18. The first-order valence-corrected chi connectivity index (χ1v) is 21.6. The summed E-state index contributed by atoms with van der Waals surface area (Å²) in [5.74, 6) is -1.04. The third-order valence-corrected chi connectivity index (χ3v) is 9.10. The van der Waals surface area contributed by atoms with Crippen molar-refractivity contribution in [1.82, 2.24) is 0 Å². The van der Waals surface area contributed by atoms with Gasteiger partial charge in [-0.15, -0.1) is 0 Å². The molecule has 52 heavy (non-hydrogen) atoms. The molecule has 0 aliphatic carbocycles. The second-order valence-corrected chi connectivity index (χ2v) is 14.2. The Morgan fingerprint density at radius 3 is 1.37 bits per heavy atom. The molecule has 1 unspecified atom stereocenters. The third-order valence-electron chi connectivity index (χ3n) is 9.10. The molecule has 6 nitrogen and oxygen atoms in total. The molecule has 0 aromatic rings. The predicted octanol–water partition coefficient (Wildman–Crippen LogP) is 13.6. The van der Waals surface area contributed by atoms with Crippen molar-refractivity contribution in [1.29, 1.82) is 0 Å². The van der Waals surface area contributed by atoms with Crippen molar-refractivity contribution >= 4 is 17.9 Å². The van der Waals surface area contributed by atoms with Crippen LogP contribution in [0.15, 0.2) is 48.6 Å². The van der Waals surface area contributed by atoms with E-state index in [4.69, 9.17) is 14.2 Å². The van der Waals surface area contributed by atoms with E-state index in [0.717, 1.165) is 70.6 Å². The minimum atomic E-state index is -0.806. The zero-order valence-corrected chi connectivity index (χ0v) is 34.1. The smallest absolute Gasteiger partial charge is 0.309 e. The van der Waals surface area contributed by atoms with Gasteiger partial charge in [0.1, 0.15) is 13.2 Å². The second kappa shape index (κ2) is 41.1. The highest BCUT2D eigenvalue weighted by atomic mass is 16.6. The van der Waals surface area contributed by atoms with Crippen LogP contribution in [0.4, 0.5) is 0 Å². The monoisotopic (exact) mass is 729 g/mol. The first-order chi connectivity index (χ1) is 25.5. The van der Waals surface area contributed by atoms with Crippen LogP contribution in [-0.4, -0.2) is 37.2 Å². The van der Waals surface area contributed by atoms with Gasteiger partial charge in [0.25, 0.3) is 0 Å². The van der Waals surface area contributed by atoms with Gasteiger partial charge in [-0.1, -0.05) is 179 Å². The molecule has 0 radical (unpaired) electrons. The summed E-state index contributed by atoms with van der Waals surface area (Å²) in [5, 5.41) is 0. The van der Waals surface area contributed by atoms with Crippen molar-refractivity contribution in [3.05, 3.63) is 48.6 Å². The van der Waals surface area contributed by atoms with E-state index in [0.29, 0.717) is 12.8 Å². The molecule has 0 spiro atoms. The average molecular weight is 729 g/mol. The lowest BCUT2D eigenvalue weighted by atomic mass is 10.0. The molecule has 0 aromatic carbocycles. The van der Waals surface area contributed by atoms with Crippen LogP contribution in [0.5, 0.6) is 0 Å². The Kier molecular flexibility index (Phi) is 39.1. The van der Waals surface area contributed by atoms with Gasteiger partial charge in [-0.2, -0.15) is 0 Å². The largest absolute Gasteiger partial charge is 0.462 e. The molecular weight excluding hydrogens is 649 g/mol. The summed E-state index contributed by atoms with van der Waals surface area (Å²) in [6.45, 7) is 6.37. The van der Waals surface area contributed by atoms with Gasteiger partial charge in [-0.3, -0.25) is 14.4 Å². The number of carbonyl (C=O) groups excluding carboxylic acids is 3. The molecule has 0 heterocycles. The minimum absolute atomic E-state index is 0.102. The van der Waals surface area contributed by atoms with E-state index < -0.39 is 12.1 Å². The van der Waals surface area contributed by atoms with Crippen LogP contribution in [0.3, 0.4) is 0 Å². The molecule has 0 rings (SSSR count). The van der Waals surface area contributed by atoms with E-state index in [-0.39, 0.29) is 31.6 Å². The summed E-state index contributed by atoms with van der Waals surface area (Å²) >= 11 is 0. The number of unbranched alkanes of at least 4 members (excludes halogenated alkanes) is 20. The molecule has 0 N–H and O–H groups in total. The quantitative estimate of drug-likeness (QED) is 0.0272. The number of hydrogen-bond acceptors (Lipinski definition) is 6. The van der Waals surface area contributed by atoms with Gasteiger partial charge in [0.2, 0.25) is 0 Å². The standard InChI is InChI=1S/C46H80O6/c1-4-7-10-13-16-19-21-23-25-27-30-33-36-39-45(48)51-42-43(41-50-44(47)38-35-32-29-26-18-15-12-9-6-3)52-46(49)40-37-34-31-28-24-22-20-17-14-11-8-5-2/h9,12,17-18,20,26,32,35,43H,4-8,10-11,13-16,19,21-25,27-31,33-34,36-42H2,1-3H3/b12-9-,20-17-,26-18-,35-32-. The first-order valence-electron chi connectivity index (χ1n) is 21.6. The Hall–Kier alpha value is -2.63. The van der Waals surface area contributed by atoms with Gasteiger partial charge in [0, 0.05) is 12.8 Å². The Morgan fingerprint density at radius 1 is 0.423 bits per heavy atom. The Morgan fingerprint density at radius 2 is 0.827 bits per heavy atom. The van der Waals surface area contributed by atoms with Gasteiger partial charge in [0.05, 0.1) is 6.42 Å². The molecule has 0 saturated carbocycles.